The number of hydrogen-bond donors (Lipinski definition) is 1. The van der Waals surface area contributed by atoms with Crippen molar-refractivity contribution in [1.29, 1.82) is 0 Å². The zero-order valence-corrected chi connectivity index (χ0v) is 10.7. The van der Waals surface area contributed by atoms with E-state index in [1.165, 1.54) is 6.92 Å². The van der Waals surface area contributed by atoms with Crippen LogP contribution in [0.4, 0.5) is 0 Å². The molecule has 1 aliphatic rings. The molecule has 0 saturated heterocycles. The van der Waals surface area contributed by atoms with Crippen molar-refractivity contribution < 1.29 is 14.3 Å². The zero-order chi connectivity index (χ0) is 13.6. The molecule has 0 saturated carbocycles. The van der Waals surface area contributed by atoms with Crippen LogP contribution in [0.5, 0.6) is 0 Å². The molecule has 0 aliphatic carbocycles. The third-order valence-electron chi connectivity index (χ3n) is 2.49. The van der Waals surface area contributed by atoms with Gasteiger partial charge in [0.25, 0.3) is 0 Å². The van der Waals surface area contributed by atoms with Gasteiger partial charge in [-0.1, -0.05) is 13.3 Å². The second kappa shape index (κ2) is 6.18. The summed E-state index contributed by atoms with van der Waals surface area (Å²) in [5.41, 5.74) is -1.32. The van der Waals surface area contributed by atoms with Crippen LogP contribution in [0.15, 0.2) is 20.7 Å². The molecule has 0 fully saturated rings. The quantitative estimate of drug-likeness (QED) is 0.725. The van der Waals surface area contributed by atoms with Crippen LogP contribution in [0.2, 0.25) is 0 Å². The van der Waals surface area contributed by atoms with E-state index in [1.807, 2.05) is 6.92 Å². The van der Waals surface area contributed by atoms with Crippen molar-refractivity contribution in [2.75, 3.05) is 6.61 Å². The molecule has 1 atom stereocenters. The molecular formula is C10H17N5O3. The monoisotopic (exact) mass is 255 g/mol. The van der Waals surface area contributed by atoms with Crippen LogP contribution in [0.1, 0.15) is 33.6 Å². The molecule has 0 aromatic carbocycles. The van der Waals surface area contributed by atoms with Gasteiger partial charge in [-0.05, 0) is 23.8 Å². The minimum absolute atomic E-state index is 0.213. The third-order valence-corrected chi connectivity index (χ3v) is 2.49. The Hall–Kier alpha value is -1.86. The maximum atomic E-state index is 12.1. The lowest BCUT2D eigenvalue weighted by atomic mass is 9.90. The summed E-state index contributed by atoms with van der Waals surface area (Å²) in [6.07, 6.45) is 0.148. The normalized spacial score (nSPS) is 17.5. The lowest BCUT2D eigenvalue weighted by molar-refractivity contribution is -0.154. The van der Waals surface area contributed by atoms with E-state index in [2.05, 4.69) is 26.0 Å². The second-order valence-corrected chi connectivity index (χ2v) is 3.91. The fourth-order valence-electron chi connectivity index (χ4n) is 1.85. The van der Waals surface area contributed by atoms with E-state index in [-0.39, 0.29) is 12.5 Å². The van der Waals surface area contributed by atoms with Crippen molar-refractivity contribution in [3.05, 3.63) is 0 Å². The minimum Gasteiger partial charge on any atom is -0.464 e. The van der Waals surface area contributed by atoms with Gasteiger partial charge in [-0.3, -0.25) is 4.79 Å². The summed E-state index contributed by atoms with van der Waals surface area (Å²) >= 11 is 0. The Morgan fingerprint density at radius 2 is 1.89 bits per heavy atom. The Kier molecular flexibility index (Phi) is 4.87. The average molecular weight is 255 g/mol. The van der Waals surface area contributed by atoms with Crippen LogP contribution in [0.3, 0.4) is 0 Å². The van der Waals surface area contributed by atoms with E-state index in [0.29, 0.717) is 12.8 Å². The number of hydrogen-bond acceptors (Lipinski definition) is 7. The highest BCUT2D eigenvalue weighted by Gasteiger charge is 2.49. The van der Waals surface area contributed by atoms with Crippen LogP contribution in [-0.4, -0.2) is 30.2 Å². The molecule has 1 aliphatic heterocycles. The summed E-state index contributed by atoms with van der Waals surface area (Å²) < 4.78 is 5.02. The first kappa shape index (κ1) is 14.2. The molecule has 8 nitrogen and oxygen atoms in total. The topological polar surface area (TPSA) is 105 Å². The Morgan fingerprint density at radius 3 is 2.33 bits per heavy atom. The number of amides is 1. The average Bonchev–Trinajstić information content (AvgIpc) is 2.81. The molecule has 0 spiro atoms. The van der Waals surface area contributed by atoms with Crippen LogP contribution in [0, 0.1) is 0 Å². The highest BCUT2D eigenvalue weighted by atomic mass is 16.5. The van der Waals surface area contributed by atoms with Gasteiger partial charge in [0.15, 0.2) is 5.54 Å². The molecule has 0 radical (unpaired) electrons. The zero-order valence-electron chi connectivity index (χ0n) is 10.7. The van der Waals surface area contributed by atoms with Gasteiger partial charge in [0.2, 0.25) is 12.1 Å². The van der Waals surface area contributed by atoms with Gasteiger partial charge in [0.1, 0.15) is 0 Å². The maximum absolute atomic E-state index is 12.1. The molecule has 1 N–H and O–H groups in total. The number of rotatable bonds is 6. The first-order valence-corrected chi connectivity index (χ1v) is 5.82. The second-order valence-electron chi connectivity index (χ2n) is 3.91. The predicted molar refractivity (Wildman–Crippen MR) is 61.6 cm³/mol. The molecule has 0 aromatic heterocycles. The summed E-state index contributed by atoms with van der Waals surface area (Å²) in [7, 11) is 0. The van der Waals surface area contributed by atoms with Crippen molar-refractivity contribution >= 4 is 11.9 Å². The van der Waals surface area contributed by atoms with E-state index in [1.54, 1.807) is 6.92 Å². The number of carbonyl (C=O) groups is 2. The largest absolute Gasteiger partial charge is 0.464 e. The highest BCUT2D eigenvalue weighted by Crippen LogP contribution is 2.27. The van der Waals surface area contributed by atoms with E-state index >= 15 is 0 Å². The van der Waals surface area contributed by atoms with E-state index in [9.17, 15) is 9.59 Å². The molecule has 0 aromatic rings. The van der Waals surface area contributed by atoms with E-state index in [4.69, 9.17) is 4.74 Å². The maximum Gasteiger partial charge on any atom is 0.336 e. The molecule has 100 valence electrons. The lowest BCUT2D eigenvalue weighted by Gasteiger charge is -2.32. The first-order chi connectivity index (χ1) is 8.56. The standard InChI is InChI=1S/C10H17N5O3/c1-4-6-10(11-7(3)16,9(17)18-5-2)8-12-14-15-13-8/h8H,4-6H2,1-3H3,(H,11,16). The Bertz CT molecular complexity index is 370. The van der Waals surface area contributed by atoms with E-state index in [0.717, 1.165) is 0 Å². The summed E-state index contributed by atoms with van der Waals surface area (Å²) in [5.74, 6) is -0.916. The van der Waals surface area contributed by atoms with Gasteiger partial charge in [-0.15, -0.1) is 10.2 Å². The van der Waals surface area contributed by atoms with Gasteiger partial charge >= 0.3 is 5.97 Å². The van der Waals surface area contributed by atoms with Crippen molar-refractivity contribution in [3.8, 4) is 0 Å². The van der Waals surface area contributed by atoms with Gasteiger partial charge in [0, 0.05) is 6.92 Å². The Balaban J connectivity index is 3.07. The predicted octanol–water partition coefficient (Wildman–Crippen LogP) is 1.38. The van der Waals surface area contributed by atoms with Gasteiger partial charge in [-0.25, -0.2) is 4.79 Å². The van der Waals surface area contributed by atoms with Crippen LogP contribution < -0.4 is 5.32 Å². The molecular weight excluding hydrogens is 238 g/mol. The third kappa shape index (κ3) is 2.88. The van der Waals surface area contributed by atoms with Gasteiger partial charge < -0.3 is 10.1 Å². The summed E-state index contributed by atoms with van der Waals surface area (Å²) in [5, 5.41) is 16.9. The first-order valence-electron chi connectivity index (χ1n) is 5.82. The van der Waals surface area contributed by atoms with Crippen LogP contribution >= 0.6 is 0 Å². The van der Waals surface area contributed by atoms with E-state index < -0.39 is 17.7 Å². The van der Waals surface area contributed by atoms with Gasteiger partial charge in [0.05, 0.1) is 6.61 Å². The molecule has 1 rings (SSSR count). The molecule has 18 heavy (non-hydrogen) atoms. The van der Waals surface area contributed by atoms with Crippen molar-refractivity contribution in [1.82, 2.24) is 5.32 Å². The molecule has 0 bridgehead atoms. The van der Waals surface area contributed by atoms with Crippen molar-refractivity contribution in [2.24, 2.45) is 20.7 Å². The van der Waals surface area contributed by atoms with Crippen molar-refractivity contribution in [3.63, 3.8) is 0 Å². The Morgan fingerprint density at radius 1 is 1.28 bits per heavy atom. The smallest absolute Gasteiger partial charge is 0.336 e. The lowest BCUT2D eigenvalue weighted by Crippen LogP contribution is -2.60. The fourth-order valence-corrected chi connectivity index (χ4v) is 1.85. The van der Waals surface area contributed by atoms with Gasteiger partial charge in [-0.2, -0.15) is 0 Å². The number of carbonyl (C=O) groups excluding carboxylic acids is 2. The summed E-state index contributed by atoms with van der Waals surface area (Å²) in [4.78, 5) is 23.5. The number of ether oxygens (including phenoxy) is 1. The van der Waals surface area contributed by atoms with Crippen LogP contribution in [0.25, 0.3) is 0 Å². The highest BCUT2D eigenvalue weighted by molar-refractivity contribution is 5.88. The number of nitrogens with one attached hydrogen (secondary N) is 1. The summed E-state index contributed by atoms with van der Waals surface area (Å²) in [6.45, 7) is 5.12. The summed E-state index contributed by atoms with van der Waals surface area (Å²) in [6, 6.07) is 0. The molecule has 1 unspecified atom stereocenters. The molecule has 1 heterocycles. The fraction of sp³-hybridized carbons (Fsp3) is 0.800. The minimum atomic E-state index is -1.32. The SMILES string of the molecule is CCCC(NC(C)=O)(C(=O)OCC)C1N=NN=N1. The Labute approximate surface area is 105 Å². The molecule has 1 amide bonds. The number of nitrogens with zero attached hydrogens (tertiary/aromatic N) is 4. The molecule has 8 heteroatoms. The van der Waals surface area contributed by atoms with Crippen molar-refractivity contribution in [2.45, 2.75) is 45.3 Å². The van der Waals surface area contributed by atoms with Crippen LogP contribution in [-0.2, 0) is 14.3 Å². The number of esters is 1.